The number of rotatable bonds is 3. The Morgan fingerprint density at radius 3 is 2.45 bits per heavy atom. The maximum atomic E-state index is 12.5. The van der Waals surface area contributed by atoms with Gasteiger partial charge in [0.25, 0.3) is 0 Å². The number of aromatic amines is 1. The van der Waals surface area contributed by atoms with Crippen molar-refractivity contribution < 1.29 is 13.2 Å². The highest BCUT2D eigenvalue weighted by Crippen LogP contribution is 2.31. The lowest BCUT2D eigenvalue weighted by Gasteiger charge is -2.11. The summed E-state index contributed by atoms with van der Waals surface area (Å²) < 4.78 is 37.6. The van der Waals surface area contributed by atoms with Gasteiger partial charge in [0.2, 0.25) is 5.82 Å². The zero-order valence-electron chi connectivity index (χ0n) is 11.0. The lowest BCUT2D eigenvalue weighted by molar-refractivity contribution is -0.137. The van der Waals surface area contributed by atoms with Crippen molar-refractivity contribution in [3.05, 3.63) is 48.3 Å². The van der Waals surface area contributed by atoms with Gasteiger partial charge in [0.05, 0.1) is 16.8 Å². The summed E-state index contributed by atoms with van der Waals surface area (Å²) in [6, 6.07) is 6.39. The van der Waals surface area contributed by atoms with Crippen LogP contribution in [0.1, 0.15) is 5.56 Å². The van der Waals surface area contributed by atoms with Crippen LogP contribution in [-0.4, -0.2) is 25.6 Å². The van der Waals surface area contributed by atoms with Crippen molar-refractivity contribution >= 4 is 11.4 Å². The topological polar surface area (TPSA) is 79.4 Å². The number of pyridine rings is 1. The van der Waals surface area contributed by atoms with Gasteiger partial charge in [0.1, 0.15) is 0 Å². The smallest absolute Gasteiger partial charge is 0.355 e. The molecule has 112 valence electrons. The highest BCUT2D eigenvalue weighted by atomic mass is 19.4. The lowest BCUT2D eigenvalue weighted by atomic mass is 10.1. The van der Waals surface area contributed by atoms with Crippen LogP contribution < -0.4 is 5.32 Å². The summed E-state index contributed by atoms with van der Waals surface area (Å²) in [5, 5.41) is 16.5. The number of nitrogens with one attached hydrogen (secondary N) is 2. The number of hydrogen-bond donors (Lipinski definition) is 2. The number of anilines is 2. The number of tetrazole rings is 1. The number of H-pyrrole nitrogens is 1. The van der Waals surface area contributed by atoms with Crippen molar-refractivity contribution in [1.29, 1.82) is 0 Å². The fraction of sp³-hybridized carbons (Fsp3) is 0.0769. The third-order valence-electron chi connectivity index (χ3n) is 2.90. The molecule has 0 bridgehead atoms. The molecule has 2 heterocycles. The molecule has 0 aliphatic carbocycles. The molecule has 0 fully saturated rings. The number of hydrogen-bond acceptors (Lipinski definition) is 5. The van der Waals surface area contributed by atoms with Gasteiger partial charge >= 0.3 is 6.18 Å². The molecule has 0 unspecified atom stereocenters. The van der Waals surface area contributed by atoms with Gasteiger partial charge < -0.3 is 5.32 Å². The Morgan fingerprint density at radius 1 is 1.05 bits per heavy atom. The molecule has 0 saturated heterocycles. The number of alkyl halides is 3. The van der Waals surface area contributed by atoms with E-state index in [-0.39, 0.29) is 0 Å². The molecule has 0 radical (unpaired) electrons. The number of halogens is 3. The molecular formula is C13H9F3N6. The molecule has 22 heavy (non-hydrogen) atoms. The third kappa shape index (κ3) is 2.87. The van der Waals surface area contributed by atoms with Crippen LogP contribution in [0.5, 0.6) is 0 Å². The monoisotopic (exact) mass is 306 g/mol. The first kappa shape index (κ1) is 14.0. The van der Waals surface area contributed by atoms with Crippen molar-refractivity contribution in [2.24, 2.45) is 0 Å². The summed E-state index contributed by atoms with van der Waals surface area (Å²) in [5.41, 5.74) is 0.988. The minimum Gasteiger partial charge on any atom is -0.355 e. The second-order valence-electron chi connectivity index (χ2n) is 4.36. The van der Waals surface area contributed by atoms with E-state index in [2.05, 4.69) is 30.9 Å². The van der Waals surface area contributed by atoms with E-state index in [1.54, 1.807) is 12.3 Å². The molecule has 0 spiro atoms. The summed E-state index contributed by atoms with van der Waals surface area (Å²) in [4.78, 5) is 3.98. The van der Waals surface area contributed by atoms with Gasteiger partial charge in [-0.25, -0.2) is 0 Å². The Morgan fingerprint density at radius 2 is 1.82 bits per heavy atom. The molecular weight excluding hydrogens is 297 g/mol. The fourth-order valence-corrected chi connectivity index (χ4v) is 1.86. The van der Waals surface area contributed by atoms with Crippen molar-refractivity contribution in [1.82, 2.24) is 25.6 Å². The Hall–Kier alpha value is -2.97. The van der Waals surface area contributed by atoms with Crippen LogP contribution >= 0.6 is 0 Å². The van der Waals surface area contributed by atoms with Crippen LogP contribution in [0.15, 0.2) is 42.7 Å². The first-order valence-electron chi connectivity index (χ1n) is 6.16. The maximum absolute atomic E-state index is 12.5. The van der Waals surface area contributed by atoms with E-state index in [1.165, 1.54) is 18.3 Å². The van der Waals surface area contributed by atoms with Gasteiger partial charge in [0, 0.05) is 18.1 Å². The zero-order valence-corrected chi connectivity index (χ0v) is 11.0. The predicted octanol–water partition coefficient (Wildman–Crippen LogP) is 3.02. The minimum atomic E-state index is -4.36. The predicted molar refractivity (Wildman–Crippen MR) is 72.1 cm³/mol. The van der Waals surface area contributed by atoms with E-state index in [0.717, 1.165) is 12.1 Å². The van der Waals surface area contributed by atoms with E-state index in [4.69, 9.17) is 0 Å². The highest BCUT2D eigenvalue weighted by molar-refractivity contribution is 5.76. The Kier molecular flexibility index (Phi) is 3.45. The fourth-order valence-electron chi connectivity index (χ4n) is 1.86. The van der Waals surface area contributed by atoms with E-state index in [1.807, 2.05) is 0 Å². The van der Waals surface area contributed by atoms with Crippen LogP contribution in [0.2, 0.25) is 0 Å². The molecule has 3 aromatic rings. The van der Waals surface area contributed by atoms with Crippen LogP contribution in [0.4, 0.5) is 24.5 Å². The summed E-state index contributed by atoms with van der Waals surface area (Å²) in [6.07, 6.45) is -1.27. The Labute approximate surface area is 122 Å². The number of aromatic nitrogens is 5. The van der Waals surface area contributed by atoms with Crippen molar-refractivity contribution in [3.8, 4) is 11.4 Å². The molecule has 9 heteroatoms. The van der Waals surface area contributed by atoms with Crippen molar-refractivity contribution in [2.45, 2.75) is 6.18 Å². The molecule has 2 N–H and O–H groups in total. The molecule has 0 aliphatic heterocycles. The second kappa shape index (κ2) is 5.43. The van der Waals surface area contributed by atoms with Gasteiger partial charge in [0.15, 0.2) is 0 Å². The molecule has 0 aliphatic rings. The second-order valence-corrected chi connectivity index (χ2v) is 4.36. The third-order valence-corrected chi connectivity index (χ3v) is 2.90. The molecule has 1 aromatic carbocycles. The molecule has 0 atom stereocenters. The maximum Gasteiger partial charge on any atom is 0.416 e. The average Bonchev–Trinajstić information content (AvgIpc) is 3.01. The summed E-state index contributed by atoms with van der Waals surface area (Å²) in [7, 11) is 0. The van der Waals surface area contributed by atoms with E-state index < -0.39 is 11.7 Å². The van der Waals surface area contributed by atoms with Crippen LogP contribution in [0.25, 0.3) is 11.4 Å². The first-order chi connectivity index (χ1) is 10.5. The summed E-state index contributed by atoms with van der Waals surface area (Å²) in [6.45, 7) is 0. The van der Waals surface area contributed by atoms with Crippen LogP contribution in [-0.2, 0) is 6.18 Å². The molecule has 6 nitrogen and oxygen atoms in total. The van der Waals surface area contributed by atoms with Gasteiger partial charge in [-0.15, -0.1) is 10.2 Å². The summed E-state index contributed by atoms with van der Waals surface area (Å²) in [5.74, 6) is 0.336. The van der Waals surface area contributed by atoms with Gasteiger partial charge in [-0.1, -0.05) is 0 Å². The number of benzene rings is 1. The molecule has 0 saturated carbocycles. The highest BCUT2D eigenvalue weighted by Gasteiger charge is 2.29. The van der Waals surface area contributed by atoms with Crippen LogP contribution in [0, 0.1) is 0 Å². The largest absolute Gasteiger partial charge is 0.416 e. The molecule has 3 rings (SSSR count). The standard InChI is InChI=1S/C13H9F3N6/c14-13(15,16)8-1-3-9(4-2-8)18-11-5-6-17-7-10(11)12-19-21-22-20-12/h1-7H,(H,17,18)(H,19,20,21,22). The molecule has 0 amide bonds. The minimum absolute atomic E-state index is 0.336. The van der Waals surface area contributed by atoms with Crippen molar-refractivity contribution in [2.75, 3.05) is 5.32 Å². The van der Waals surface area contributed by atoms with E-state index >= 15 is 0 Å². The van der Waals surface area contributed by atoms with Gasteiger partial charge in [-0.3, -0.25) is 4.98 Å². The molecule has 2 aromatic heterocycles. The quantitative estimate of drug-likeness (QED) is 0.777. The normalized spacial score (nSPS) is 11.4. The lowest BCUT2D eigenvalue weighted by Crippen LogP contribution is -2.04. The zero-order chi connectivity index (χ0) is 15.6. The Balaban J connectivity index is 1.88. The van der Waals surface area contributed by atoms with Crippen molar-refractivity contribution in [3.63, 3.8) is 0 Å². The van der Waals surface area contributed by atoms with Gasteiger partial charge in [-0.2, -0.15) is 18.4 Å². The van der Waals surface area contributed by atoms with E-state index in [9.17, 15) is 13.2 Å². The van der Waals surface area contributed by atoms with Gasteiger partial charge in [-0.05, 0) is 35.5 Å². The van der Waals surface area contributed by atoms with Crippen LogP contribution in [0.3, 0.4) is 0 Å². The van der Waals surface area contributed by atoms with E-state index in [0.29, 0.717) is 22.8 Å². The number of nitrogens with zero attached hydrogens (tertiary/aromatic N) is 4. The Bertz CT molecular complexity index is 752. The summed E-state index contributed by atoms with van der Waals surface area (Å²) >= 11 is 0. The first-order valence-corrected chi connectivity index (χ1v) is 6.16. The SMILES string of the molecule is FC(F)(F)c1ccc(Nc2ccncc2-c2nn[nH]n2)cc1. The average molecular weight is 306 g/mol.